The first kappa shape index (κ1) is 15.5. The molecule has 1 aromatic carbocycles. The number of aromatic carboxylic acids is 1. The monoisotopic (exact) mass is 290 g/mol. The van der Waals surface area contributed by atoms with Crippen LogP contribution in [0.15, 0.2) is 18.2 Å². The van der Waals surface area contributed by atoms with Gasteiger partial charge in [0.15, 0.2) is 0 Å². The Balaban J connectivity index is 2.07. The maximum absolute atomic E-state index is 12.3. The Kier molecular flexibility index (Phi) is 4.96. The van der Waals surface area contributed by atoms with Gasteiger partial charge in [-0.05, 0) is 56.7 Å². The van der Waals surface area contributed by atoms with Crippen molar-refractivity contribution in [1.82, 2.24) is 0 Å². The average molecular weight is 290 g/mol. The Morgan fingerprint density at radius 1 is 1.29 bits per heavy atom. The number of carboxylic acid groups (broad SMARTS) is 1. The topological polar surface area (TPSA) is 92.4 Å². The van der Waals surface area contributed by atoms with Crippen molar-refractivity contribution in [2.45, 2.75) is 32.6 Å². The first-order valence-electron chi connectivity index (χ1n) is 7.36. The maximum Gasteiger partial charge on any atom is 0.338 e. The van der Waals surface area contributed by atoms with Crippen molar-refractivity contribution in [2.24, 2.45) is 17.6 Å². The van der Waals surface area contributed by atoms with Gasteiger partial charge in [0.2, 0.25) is 5.91 Å². The van der Waals surface area contributed by atoms with Crippen molar-refractivity contribution < 1.29 is 14.7 Å². The fourth-order valence-electron chi connectivity index (χ4n) is 2.95. The molecule has 0 unspecified atom stereocenters. The van der Waals surface area contributed by atoms with Gasteiger partial charge >= 0.3 is 5.97 Å². The van der Waals surface area contributed by atoms with Gasteiger partial charge in [-0.2, -0.15) is 0 Å². The first-order chi connectivity index (χ1) is 10.0. The molecule has 1 aliphatic rings. The zero-order valence-corrected chi connectivity index (χ0v) is 12.3. The number of carbonyl (C=O) groups is 2. The summed E-state index contributed by atoms with van der Waals surface area (Å²) in [5.74, 6) is -0.633. The van der Waals surface area contributed by atoms with E-state index in [-0.39, 0.29) is 17.4 Å². The summed E-state index contributed by atoms with van der Waals surface area (Å²) in [5, 5.41) is 12.1. The molecule has 0 atom stereocenters. The van der Waals surface area contributed by atoms with Crippen LogP contribution in [0, 0.1) is 18.8 Å². The van der Waals surface area contributed by atoms with E-state index in [1.165, 1.54) is 0 Å². The second-order valence-electron chi connectivity index (χ2n) is 5.75. The van der Waals surface area contributed by atoms with Crippen molar-refractivity contribution in [3.05, 3.63) is 29.3 Å². The number of carbonyl (C=O) groups excluding carboxylic acids is 1. The van der Waals surface area contributed by atoms with Crippen LogP contribution < -0.4 is 11.1 Å². The van der Waals surface area contributed by atoms with Gasteiger partial charge in [0.05, 0.1) is 11.3 Å². The molecule has 0 radical (unpaired) electrons. The highest BCUT2D eigenvalue weighted by molar-refractivity contribution is 6.02. The van der Waals surface area contributed by atoms with Crippen LogP contribution in [0.4, 0.5) is 5.69 Å². The van der Waals surface area contributed by atoms with Gasteiger partial charge in [0, 0.05) is 5.92 Å². The fourth-order valence-corrected chi connectivity index (χ4v) is 2.95. The summed E-state index contributed by atoms with van der Waals surface area (Å²) in [6.07, 6.45) is 3.58. The van der Waals surface area contributed by atoms with Crippen molar-refractivity contribution in [2.75, 3.05) is 11.9 Å². The van der Waals surface area contributed by atoms with Gasteiger partial charge in [-0.25, -0.2) is 4.79 Å². The molecule has 0 aromatic heterocycles. The molecule has 21 heavy (non-hydrogen) atoms. The molecule has 0 saturated heterocycles. The number of rotatable bonds is 4. The lowest BCUT2D eigenvalue weighted by Crippen LogP contribution is -2.30. The minimum absolute atomic E-state index is 0.0463. The van der Waals surface area contributed by atoms with Crippen LogP contribution in [0.1, 0.15) is 41.6 Å². The van der Waals surface area contributed by atoms with E-state index < -0.39 is 5.97 Å². The Labute approximate surface area is 124 Å². The highest BCUT2D eigenvalue weighted by Gasteiger charge is 2.26. The van der Waals surface area contributed by atoms with Gasteiger partial charge < -0.3 is 16.2 Å². The molecule has 5 heteroatoms. The largest absolute Gasteiger partial charge is 0.478 e. The molecular formula is C16H22N2O3. The van der Waals surface area contributed by atoms with E-state index in [1.807, 2.05) is 0 Å². The van der Waals surface area contributed by atoms with Gasteiger partial charge in [-0.15, -0.1) is 0 Å². The summed E-state index contributed by atoms with van der Waals surface area (Å²) in [7, 11) is 0. The molecule has 2 rings (SSSR count). The second-order valence-corrected chi connectivity index (χ2v) is 5.75. The van der Waals surface area contributed by atoms with Crippen molar-refractivity contribution in [3.63, 3.8) is 0 Å². The third-order valence-corrected chi connectivity index (χ3v) is 4.30. The molecule has 1 aliphatic carbocycles. The smallest absolute Gasteiger partial charge is 0.338 e. The zero-order valence-electron chi connectivity index (χ0n) is 12.3. The molecule has 0 heterocycles. The second kappa shape index (κ2) is 6.72. The van der Waals surface area contributed by atoms with Crippen LogP contribution in [0.2, 0.25) is 0 Å². The fraction of sp³-hybridized carbons (Fsp3) is 0.500. The molecule has 0 aliphatic heterocycles. The van der Waals surface area contributed by atoms with Crippen LogP contribution in [0.3, 0.4) is 0 Å². The number of hydrogen-bond donors (Lipinski definition) is 3. The molecule has 1 fully saturated rings. The summed E-state index contributed by atoms with van der Waals surface area (Å²) in [5.41, 5.74) is 6.85. The number of aryl methyl sites for hydroxylation is 1. The standard InChI is InChI=1S/C16H22N2O3/c1-10-3-2-4-13(14(10)16(20)21)18-15(19)12-7-5-11(9-17)6-8-12/h2-4,11-12H,5-9,17H2,1H3,(H,18,19)(H,20,21). The number of nitrogens with two attached hydrogens (primary N) is 1. The molecule has 114 valence electrons. The highest BCUT2D eigenvalue weighted by Crippen LogP contribution is 2.29. The number of hydrogen-bond acceptors (Lipinski definition) is 3. The lowest BCUT2D eigenvalue weighted by Gasteiger charge is -2.27. The number of nitrogens with one attached hydrogen (secondary N) is 1. The molecule has 0 bridgehead atoms. The Morgan fingerprint density at radius 3 is 2.52 bits per heavy atom. The summed E-state index contributed by atoms with van der Waals surface area (Å²) in [6.45, 7) is 2.40. The third kappa shape index (κ3) is 3.61. The third-order valence-electron chi connectivity index (χ3n) is 4.30. The van der Waals surface area contributed by atoms with Crippen LogP contribution in [-0.2, 0) is 4.79 Å². The van der Waals surface area contributed by atoms with Crippen molar-refractivity contribution >= 4 is 17.6 Å². The molecular weight excluding hydrogens is 268 g/mol. The van der Waals surface area contributed by atoms with Gasteiger partial charge in [-0.3, -0.25) is 4.79 Å². The lowest BCUT2D eigenvalue weighted by molar-refractivity contribution is -0.121. The van der Waals surface area contributed by atoms with E-state index >= 15 is 0 Å². The zero-order chi connectivity index (χ0) is 15.4. The molecule has 1 aromatic rings. The Morgan fingerprint density at radius 2 is 1.95 bits per heavy atom. The van der Waals surface area contributed by atoms with E-state index in [1.54, 1.807) is 25.1 Å². The van der Waals surface area contributed by atoms with Gasteiger partial charge in [0.1, 0.15) is 0 Å². The highest BCUT2D eigenvalue weighted by atomic mass is 16.4. The molecule has 0 spiro atoms. The van der Waals surface area contributed by atoms with Gasteiger partial charge in [0.25, 0.3) is 0 Å². The normalized spacial score (nSPS) is 21.8. The summed E-state index contributed by atoms with van der Waals surface area (Å²) in [4.78, 5) is 23.6. The predicted octanol–water partition coefficient (Wildman–Crippen LogP) is 2.40. The minimum Gasteiger partial charge on any atom is -0.478 e. The SMILES string of the molecule is Cc1cccc(NC(=O)C2CCC(CN)CC2)c1C(=O)O. The van der Waals surface area contributed by atoms with E-state index in [2.05, 4.69) is 5.32 Å². The number of carboxylic acids is 1. The predicted molar refractivity (Wildman–Crippen MR) is 81.3 cm³/mol. The van der Waals surface area contributed by atoms with E-state index in [4.69, 9.17) is 5.73 Å². The van der Waals surface area contributed by atoms with Crippen LogP contribution in [0.5, 0.6) is 0 Å². The Bertz CT molecular complexity index is 534. The molecule has 4 N–H and O–H groups in total. The van der Waals surface area contributed by atoms with E-state index in [0.717, 1.165) is 25.7 Å². The summed E-state index contributed by atoms with van der Waals surface area (Å²) >= 11 is 0. The van der Waals surface area contributed by atoms with Crippen molar-refractivity contribution in [3.8, 4) is 0 Å². The number of amides is 1. The number of anilines is 1. The lowest BCUT2D eigenvalue weighted by atomic mass is 9.81. The molecule has 5 nitrogen and oxygen atoms in total. The Hall–Kier alpha value is -1.88. The summed E-state index contributed by atoms with van der Waals surface area (Å²) < 4.78 is 0. The summed E-state index contributed by atoms with van der Waals surface area (Å²) in [6, 6.07) is 5.12. The minimum atomic E-state index is -1.02. The van der Waals surface area contributed by atoms with E-state index in [9.17, 15) is 14.7 Å². The van der Waals surface area contributed by atoms with Crippen LogP contribution >= 0.6 is 0 Å². The number of benzene rings is 1. The maximum atomic E-state index is 12.3. The van der Waals surface area contributed by atoms with Crippen molar-refractivity contribution in [1.29, 1.82) is 0 Å². The quantitative estimate of drug-likeness (QED) is 0.794. The molecule has 1 saturated carbocycles. The average Bonchev–Trinajstić information content (AvgIpc) is 2.47. The van der Waals surface area contributed by atoms with Gasteiger partial charge in [-0.1, -0.05) is 12.1 Å². The van der Waals surface area contributed by atoms with Crippen LogP contribution in [-0.4, -0.2) is 23.5 Å². The molecule has 1 amide bonds. The first-order valence-corrected chi connectivity index (χ1v) is 7.36. The van der Waals surface area contributed by atoms with E-state index in [0.29, 0.717) is 23.7 Å². The van der Waals surface area contributed by atoms with Crippen LogP contribution in [0.25, 0.3) is 0 Å².